The molecule has 0 amide bonds. The number of benzene rings is 3. The molecule has 3 aromatic carbocycles. The highest BCUT2D eigenvalue weighted by Crippen LogP contribution is 2.21. The van der Waals surface area contributed by atoms with Gasteiger partial charge in [0.2, 0.25) is 5.71 Å². The van der Waals surface area contributed by atoms with Gasteiger partial charge in [-0.15, -0.1) is 0 Å². The van der Waals surface area contributed by atoms with Gasteiger partial charge in [0.05, 0.1) is 0 Å². The monoisotopic (exact) mass is 316 g/mol. The Bertz CT molecular complexity index is 879. The van der Waals surface area contributed by atoms with Crippen LogP contribution in [0.3, 0.4) is 0 Å². The van der Waals surface area contributed by atoms with Crippen LogP contribution in [0.25, 0.3) is 0 Å². The van der Waals surface area contributed by atoms with Gasteiger partial charge < -0.3 is 0 Å². The number of halogens is 1. The molecule has 1 aliphatic rings. The maximum absolute atomic E-state index is 13.4. The second-order valence-corrected chi connectivity index (χ2v) is 6.17. The number of fused-ring (bicyclic) bond motifs is 1. The summed E-state index contributed by atoms with van der Waals surface area (Å²) in [5.41, 5.74) is 6.17. The zero-order valence-electron chi connectivity index (χ0n) is 13.5. The fourth-order valence-corrected chi connectivity index (χ4v) is 3.41. The van der Waals surface area contributed by atoms with E-state index in [1.54, 1.807) is 12.1 Å². The molecule has 0 saturated carbocycles. The molecular weight excluding hydrogens is 297 g/mol. The third-order valence-electron chi connectivity index (χ3n) is 4.57. The van der Waals surface area contributed by atoms with Crippen LogP contribution in [0.5, 0.6) is 0 Å². The van der Waals surface area contributed by atoms with Crippen LogP contribution in [0, 0.1) is 5.82 Å². The van der Waals surface area contributed by atoms with Crippen molar-refractivity contribution in [2.75, 3.05) is 6.54 Å². The van der Waals surface area contributed by atoms with Crippen molar-refractivity contribution in [3.63, 3.8) is 0 Å². The number of nitrogens with zero attached hydrogens (tertiary/aromatic N) is 1. The predicted molar refractivity (Wildman–Crippen MR) is 95.0 cm³/mol. The van der Waals surface area contributed by atoms with E-state index in [-0.39, 0.29) is 5.82 Å². The van der Waals surface area contributed by atoms with Gasteiger partial charge in [0.1, 0.15) is 12.4 Å². The minimum atomic E-state index is -0.196. The quantitative estimate of drug-likeness (QED) is 0.629. The molecule has 0 aromatic heterocycles. The molecule has 0 radical (unpaired) electrons. The summed E-state index contributed by atoms with van der Waals surface area (Å²) in [4.78, 5) is 0. The highest BCUT2D eigenvalue weighted by atomic mass is 19.1. The Labute approximate surface area is 141 Å². The average Bonchev–Trinajstić information content (AvgIpc) is 2.63. The molecule has 0 aliphatic carbocycles. The molecule has 0 saturated heterocycles. The van der Waals surface area contributed by atoms with E-state index in [0.717, 1.165) is 25.1 Å². The van der Waals surface area contributed by atoms with Gasteiger partial charge in [-0.2, -0.15) is 0 Å². The summed E-state index contributed by atoms with van der Waals surface area (Å²) in [6, 6.07) is 25.9. The zero-order chi connectivity index (χ0) is 16.4. The standard InChI is InChI=1S/C22H19FN/c23-20-12-10-19(11-13-20)22-21-9-5-4-8-18(21)14-15-24(22)16-17-6-2-1-3-7-17/h1-13H,14-16H2/q+1. The zero-order valence-corrected chi connectivity index (χ0v) is 13.5. The fraction of sp³-hybridized carbons (Fsp3) is 0.136. The molecule has 0 atom stereocenters. The highest BCUT2D eigenvalue weighted by molar-refractivity contribution is 6.10. The lowest BCUT2D eigenvalue weighted by Crippen LogP contribution is -2.30. The van der Waals surface area contributed by atoms with Gasteiger partial charge in [-0.25, -0.2) is 8.97 Å². The molecule has 0 spiro atoms. The largest absolute Gasteiger partial charge is 0.224 e. The van der Waals surface area contributed by atoms with E-state index in [0.29, 0.717) is 0 Å². The number of hydrogen-bond acceptors (Lipinski definition) is 0. The summed E-state index contributed by atoms with van der Waals surface area (Å²) in [6.07, 6.45) is 1.04. The molecule has 0 unspecified atom stereocenters. The Morgan fingerprint density at radius 2 is 1.50 bits per heavy atom. The van der Waals surface area contributed by atoms with Gasteiger partial charge >= 0.3 is 0 Å². The van der Waals surface area contributed by atoms with Gasteiger partial charge in [-0.3, -0.25) is 0 Å². The van der Waals surface area contributed by atoms with E-state index < -0.39 is 0 Å². The second-order valence-electron chi connectivity index (χ2n) is 6.17. The normalized spacial score (nSPS) is 13.7. The summed E-state index contributed by atoms with van der Waals surface area (Å²) in [5.74, 6) is -0.196. The third-order valence-corrected chi connectivity index (χ3v) is 4.57. The van der Waals surface area contributed by atoms with Crippen molar-refractivity contribution >= 4 is 5.71 Å². The first kappa shape index (κ1) is 14.8. The van der Waals surface area contributed by atoms with Crippen LogP contribution < -0.4 is 0 Å². The first-order valence-corrected chi connectivity index (χ1v) is 8.31. The minimum absolute atomic E-state index is 0.196. The minimum Gasteiger partial charge on any atom is -0.224 e. The van der Waals surface area contributed by atoms with E-state index in [1.165, 1.54) is 22.4 Å². The number of hydrogen-bond donors (Lipinski definition) is 0. The first-order chi connectivity index (χ1) is 11.8. The van der Waals surface area contributed by atoms with Crippen molar-refractivity contribution < 1.29 is 8.97 Å². The van der Waals surface area contributed by atoms with Crippen molar-refractivity contribution in [1.29, 1.82) is 0 Å². The van der Waals surface area contributed by atoms with E-state index in [2.05, 4.69) is 53.1 Å². The van der Waals surface area contributed by atoms with Crippen molar-refractivity contribution in [3.05, 3.63) is 107 Å². The lowest BCUT2D eigenvalue weighted by molar-refractivity contribution is -0.544. The van der Waals surface area contributed by atoms with Crippen molar-refractivity contribution in [2.24, 2.45) is 0 Å². The summed E-state index contributed by atoms with van der Waals surface area (Å²) in [6.45, 7) is 1.83. The van der Waals surface area contributed by atoms with Crippen LogP contribution in [0.1, 0.15) is 22.3 Å². The van der Waals surface area contributed by atoms with Crippen LogP contribution >= 0.6 is 0 Å². The topological polar surface area (TPSA) is 3.01 Å². The Hall–Kier alpha value is -2.74. The summed E-state index contributed by atoms with van der Waals surface area (Å²) in [5, 5.41) is 0. The molecule has 2 heteroatoms. The van der Waals surface area contributed by atoms with Crippen LogP contribution in [-0.2, 0) is 13.0 Å². The smallest absolute Gasteiger partial charge is 0.215 e. The van der Waals surface area contributed by atoms with Crippen LogP contribution in [-0.4, -0.2) is 16.8 Å². The maximum Gasteiger partial charge on any atom is 0.215 e. The van der Waals surface area contributed by atoms with Crippen LogP contribution in [0.2, 0.25) is 0 Å². The van der Waals surface area contributed by atoms with Gasteiger partial charge in [-0.05, 0) is 35.9 Å². The molecule has 1 aliphatic heterocycles. The van der Waals surface area contributed by atoms with Crippen molar-refractivity contribution in [3.8, 4) is 0 Å². The summed E-state index contributed by atoms with van der Waals surface area (Å²) < 4.78 is 15.8. The Balaban J connectivity index is 1.85. The first-order valence-electron chi connectivity index (χ1n) is 8.31. The SMILES string of the molecule is Fc1ccc(C2=[N+](Cc3ccccc3)CCc3ccccc32)cc1. The molecule has 118 valence electrons. The van der Waals surface area contributed by atoms with Crippen LogP contribution in [0.4, 0.5) is 4.39 Å². The van der Waals surface area contributed by atoms with E-state index in [1.807, 2.05) is 18.2 Å². The van der Waals surface area contributed by atoms with Gasteiger partial charge in [0, 0.05) is 23.1 Å². The molecule has 3 aromatic rings. The second kappa shape index (κ2) is 6.40. The third kappa shape index (κ3) is 2.88. The summed E-state index contributed by atoms with van der Waals surface area (Å²) >= 11 is 0. The van der Waals surface area contributed by atoms with E-state index >= 15 is 0 Å². The predicted octanol–water partition coefficient (Wildman–Crippen LogP) is 4.43. The van der Waals surface area contributed by atoms with Crippen molar-refractivity contribution in [1.82, 2.24) is 0 Å². The Kier molecular flexibility index (Phi) is 3.96. The molecule has 1 heterocycles. The molecule has 24 heavy (non-hydrogen) atoms. The highest BCUT2D eigenvalue weighted by Gasteiger charge is 2.26. The average molecular weight is 316 g/mol. The maximum atomic E-state index is 13.4. The molecule has 4 rings (SSSR count). The van der Waals surface area contributed by atoms with Gasteiger partial charge in [-0.1, -0.05) is 48.5 Å². The van der Waals surface area contributed by atoms with Gasteiger partial charge in [0.15, 0.2) is 6.54 Å². The van der Waals surface area contributed by atoms with E-state index in [4.69, 9.17) is 0 Å². The molecule has 0 fully saturated rings. The van der Waals surface area contributed by atoms with E-state index in [9.17, 15) is 4.39 Å². The summed E-state index contributed by atoms with van der Waals surface area (Å²) in [7, 11) is 0. The fourth-order valence-electron chi connectivity index (χ4n) is 3.41. The Morgan fingerprint density at radius 3 is 2.29 bits per heavy atom. The van der Waals surface area contributed by atoms with Crippen LogP contribution in [0.15, 0.2) is 78.9 Å². The van der Waals surface area contributed by atoms with Gasteiger partial charge in [0.25, 0.3) is 0 Å². The lowest BCUT2D eigenvalue weighted by Gasteiger charge is -2.19. The van der Waals surface area contributed by atoms with Crippen molar-refractivity contribution in [2.45, 2.75) is 13.0 Å². The molecule has 0 N–H and O–H groups in total. The lowest BCUT2D eigenvalue weighted by atomic mass is 9.92. The molecule has 0 bridgehead atoms. The number of rotatable bonds is 3. The molecule has 1 nitrogen and oxygen atoms in total. The Morgan fingerprint density at radius 1 is 0.792 bits per heavy atom. The molecular formula is C22H19FN+.